The van der Waals surface area contributed by atoms with Crippen LogP contribution in [-0.4, -0.2) is 44.5 Å². The van der Waals surface area contributed by atoms with Crippen molar-refractivity contribution in [3.63, 3.8) is 0 Å². The van der Waals surface area contributed by atoms with Gasteiger partial charge in [0.15, 0.2) is 0 Å². The molecule has 0 bridgehead atoms. The molecule has 0 amide bonds. The molecule has 0 spiro atoms. The summed E-state index contributed by atoms with van der Waals surface area (Å²) in [6.07, 6.45) is -4.65. The molecular weight excluding hydrogens is 257 g/mol. The lowest BCUT2D eigenvalue weighted by Gasteiger charge is -2.34. The van der Waals surface area contributed by atoms with Crippen LogP contribution in [0.5, 0.6) is 5.75 Å². The standard InChI is InChI=1S/C13H17F3N2O/c1-10-7-11(18-5-3-17(2)4-6-18)9-12(8-10)19-13(14,15)16/h7-9H,3-6H2,1-2H3. The first-order chi connectivity index (χ1) is 8.83. The Morgan fingerprint density at radius 2 is 1.68 bits per heavy atom. The summed E-state index contributed by atoms with van der Waals surface area (Å²) in [5.74, 6) is -0.151. The van der Waals surface area contributed by atoms with E-state index in [1.54, 1.807) is 6.92 Å². The molecule has 19 heavy (non-hydrogen) atoms. The normalized spacial score (nSPS) is 17.6. The number of ether oxygens (including phenoxy) is 1. The molecule has 0 saturated carbocycles. The second kappa shape index (κ2) is 5.28. The number of nitrogens with zero attached hydrogens (tertiary/aromatic N) is 2. The third kappa shape index (κ3) is 4.02. The minimum Gasteiger partial charge on any atom is -0.406 e. The maximum Gasteiger partial charge on any atom is 0.573 e. The van der Waals surface area contributed by atoms with Gasteiger partial charge in [0.25, 0.3) is 0 Å². The summed E-state index contributed by atoms with van der Waals surface area (Å²) in [4.78, 5) is 4.27. The number of anilines is 1. The number of rotatable bonds is 2. The molecule has 0 atom stereocenters. The van der Waals surface area contributed by atoms with Crippen LogP contribution >= 0.6 is 0 Å². The molecule has 0 aliphatic carbocycles. The summed E-state index contributed by atoms with van der Waals surface area (Å²) in [5.41, 5.74) is 1.54. The topological polar surface area (TPSA) is 15.7 Å². The number of aryl methyl sites for hydroxylation is 1. The SMILES string of the molecule is Cc1cc(OC(F)(F)F)cc(N2CCN(C)CC2)c1. The van der Waals surface area contributed by atoms with Crippen molar-refractivity contribution in [2.75, 3.05) is 38.1 Å². The second-order valence-corrected chi connectivity index (χ2v) is 4.84. The molecule has 1 aliphatic heterocycles. The Labute approximate surface area is 110 Å². The fraction of sp³-hybridized carbons (Fsp3) is 0.538. The van der Waals surface area contributed by atoms with Crippen molar-refractivity contribution in [1.29, 1.82) is 0 Å². The van der Waals surface area contributed by atoms with Gasteiger partial charge in [-0.3, -0.25) is 0 Å². The summed E-state index contributed by atoms with van der Waals surface area (Å²) in [5, 5.41) is 0. The summed E-state index contributed by atoms with van der Waals surface area (Å²) in [6, 6.07) is 4.73. The molecule has 0 aromatic heterocycles. The first kappa shape index (κ1) is 14.0. The van der Waals surface area contributed by atoms with Gasteiger partial charge in [-0.25, -0.2) is 0 Å². The smallest absolute Gasteiger partial charge is 0.406 e. The largest absolute Gasteiger partial charge is 0.573 e. The van der Waals surface area contributed by atoms with Gasteiger partial charge >= 0.3 is 6.36 Å². The van der Waals surface area contributed by atoms with E-state index in [9.17, 15) is 13.2 Å². The third-order valence-corrected chi connectivity index (χ3v) is 3.14. The predicted octanol–water partition coefficient (Wildman–Crippen LogP) is 2.65. The molecule has 1 aliphatic rings. The maximum atomic E-state index is 12.3. The zero-order chi connectivity index (χ0) is 14.0. The summed E-state index contributed by atoms with van der Waals surface area (Å²) < 4.78 is 40.8. The van der Waals surface area contributed by atoms with E-state index in [1.165, 1.54) is 12.1 Å². The summed E-state index contributed by atoms with van der Waals surface area (Å²) in [7, 11) is 2.03. The minimum atomic E-state index is -4.65. The Morgan fingerprint density at radius 1 is 1.05 bits per heavy atom. The molecule has 0 unspecified atom stereocenters. The highest BCUT2D eigenvalue weighted by atomic mass is 19.4. The fourth-order valence-corrected chi connectivity index (χ4v) is 2.17. The fourth-order valence-electron chi connectivity index (χ4n) is 2.17. The maximum absolute atomic E-state index is 12.3. The average molecular weight is 274 g/mol. The van der Waals surface area contributed by atoms with Gasteiger partial charge in [0.05, 0.1) is 0 Å². The van der Waals surface area contributed by atoms with Gasteiger partial charge in [-0.1, -0.05) is 0 Å². The van der Waals surface area contributed by atoms with E-state index >= 15 is 0 Å². The molecule has 1 aromatic carbocycles. The minimum absolute atomic E-state index is 0.151. The third-order valence-electron chi connectivity index (χ3n) is 3.14. The van der Waals surface area contributed by atoms with Crippen LogP contribution in [0.2, 0.25) is 0 Å². The summed E-state index contributed by atoms with van der Waals surface area (Å²) >= 11 is 0. The van der Waals surface area contributed by atoms with Crippen LogP contribution in [0.4, 0.5) is 18.9 Å². The van der Waals surface area contributed by atoms with Gasteiger partial charge in [0.2, 0.25) is 0 Å². The van der Waals surface area contributed by atoms with Gasteiger partial charge in [-0.2, -0.15) is 0 Å². The van der Waals surface area contributed by atoms with E-state index in [2.05, 4.69) is 14.5 Å². The van der Waals surface area contributed by atoms with Crippen molar-refractivity contribution >= 4 is 5.69 Å². The summed E-state index contributed by atoms with van der Waals surface area (Å²) in [6.45, 7) is 5.20. The molecule has 0 N–H and O–H groups in total. The van der Waals surface area contributed by atoms with E-state index in [-0.39, 0.29) is 5.75 Å². The Morgan fingerprint density at radius 3 is 2.26 bits per heavy atom. The highest BCUT2D eigenvalue weighted by molar-refractivity contribution is 5.53. The van der Waals surface area contributed by atoms with Crippen molar-refractivity contribution < 1.29 is 17.9 Å². The zero-order valence-electron chi connectivity index (χ0n) is 11.0. The number of hydrogen-bond acceptors (Lipinski definition) is 3. The van der Waals surface area contributed by atoms with Crippen LogP contribution < -0.4 is 9.64 Å². The quantitative estimate of drug-likeness (QED) is 0.824. The lowest BCUT2D eigenvalue weighted by atomic mass is 10.1. The molecule has 1 aromatic rings. The lowest BCUT2D eigenvalue weighted by Crippen LogP contribution is -2.44. The van der Waals surface area contributed by atoms with Crippen molar-refractivity contribution in [1.82, 2.24) is 4.90 Å². The monoisotopic (exact) mass is 274 g/mol. The van der Waals surface area contributed by atoms with Gasteiger partial charge in [-0.05, 0) is 31.7 Å². The number of likely N-dealkylation sites (N-methyl/N-ethyl adjacent to an activating group) is 1. The molecule has 3 nitrogen and oxygen atoms in total. The van der Waals surface area contributed by atoms with Crippen molar-refractivity contribution in [3.05, 3.63) is 23.8 Å². The number of hydrogen-bond donors (Lipinski definition) is 0. The second-order valence-electron chi connectivity index (χ2n) is 4.84. The first-order valence-corrected chi connectivity index (χ1v) is 6.14. The van der Waals surface area contributed by atoms with Crippen LogP contribution in [0.3, 0.4) is 0 Å². The van der Waals surface area contributed by atoms with E-state index in [4.69, 9.17) is 0 Å². The Balaban J connectivity index is 2.17. The molecule has 1 fully saturated rings. The van der Waals surface area contributed by atoms with Crippen molar-refractivity contribution in [2.24, 2.45) is 0 Å². The molecular formula is C13H17F3N2O. The van der Waals surface area contributed by atoms with E-state index in [0.29, 0.717) is 0 Å². The van der Waals surface area contributed by atoms with E-state index < -0.39 is 6.36 Å². The predicted molar refractivity (Wildman–Crippen MR) is 67.6 cm³/mol. The van der Waals surface area contributed by atoms with Crippen molar-refractivity contribution in [2.45, 2.75) is 13.3 Å². The number of halogens is 3. The molecule has 0 radical (unpaired) electrons. The van der Waals surface area contributed by atoms with Gasteiger partial charge < -0.3 is 14.5 Å². The van der Waals surface area contributed by atoms with Crippen LogP contribution in [-0.2, 0) is 0 Å². The van der Waals surface area contributed by atoms with E-state index in [1.807, 2.05) is 13.1 Å². The highest BCUT2D eigenvalue weighted by Gasteiger charge is 2.31. The molecule has 6 heteroatoms. The van der Waals surface area contributed by atoms with E-state index in [0.717, 1.165) is 37.4 Å². The van der Waals surface area contributed by atoms with Gasteiger partial charge in [0, 0.05) is 37.9 Å². The van der Waals surface area contributed by atoms with Crippen LogP contribution in [0.25, 0.3) is 0 Å². The van der Waals surface area contributed by atoms with Crippen molar-refractivity contribution in [3.8, 4) is 5.75 Å². The Hall–Kier alpha value is -1.43. The van der Waals surface area contributed by atoms with Crippen LogP contribution in [0, 0.1) is 6.92 Å². The molecule has 1 saturated heterocycles. The van der Waals surface area contributed by atoms with Crippen LogP contribution in [0.1, 0.15) is 5.56 Å². The first-order valence-electron chi connectivity index (χ1n) is 6.14. The number of alkyl halides is 3. The molecule has 1 heterocycles. The average Bonchev–Trinajstić information content (AvgIpc) is 2.26. The highest BCUT2D eigenvalue weighted by Crippen LogP contribution is 2.29. The molecule has 106 valence electrons. The Kier molecular flexibility index (Phi) is 3.89. The van der Waals surface area contributed by atoms with Crippen LogP contribution in [0.15, 0.2) is 18.2 Å². The van der Waals surface area contributed by atoms with Gasteiger partial charge in [-0.15, -0.1) is 13.2 Å². The Bertz CT molecular complexity index is 440. The zero-order valence-corrected chi connectivity index (χ0v) is 11.0. The molecule has 2 rings (SSSR count). The lowest BCUT2D eigenvalue weighted by molar-refractivity contribution is -0.274. The number of benzene rings is 1. The van der Waals surface area contributed by atoms with Gasteiger partial charge in [0.1, 0.15) is 5.75 Å². The number of piperazine rings is 1.